The van der Waals surface area contributed by atoms with Crippen LogP contribution in [-0.4, -0.2) is 20.5 Å². The van der Waals surface area contributed by atoms with Crippen molar-refractivity contribution in [3.63, 3.8) is 0 Å². The van der Waals surface area contributed by atoms with Crippen LogP contribution >= 0.6 is 0 Å². The fraction of sp³-hybridized carbons (Fsp3) is 0.200. The molecule has 0 atom stereocenters. The van der Waals surface area contributed by atoms with Crippen molar-refractivity contribution in [2.24, 2.45) is 0 Å². The van der Waals surface area contributed by atoms with E-state index in [1.165, 1.54) is 7.11 Å². The van der Waals surface area contributed by atoms with Gasteiger partial charge in [0, 0.05) is 11.8 Å². The van der Waals surface area contributed by atoms with Gasteiger partial charge in [-0.2, -0.15) is 0 Å². The molecule has 1 N–H and O–H groups in total. The Labute approximate surface area is 134 Å². The Kier molecular flexibility index (Phi) is 4.55. The van der Waals surface area contributed by atoms with Gasteiger partial charge >= 0.3 is 0 Å². The van der Waals surface area contributed by atoms with Crippen LogP contribution in [0.4, 0.5) is 11.4 Å². The highest BCUT2D eigenvalue weighted by Crippen LogP contribution is 2.30. The van der Waals surface area contributed by atoms with E-state index >= 15 is 0 Å². The minimum absolute atomic E-state index is 0.0875. The van der Waals surface area contributed by atoms with Crippen LogP contribution in [0.2, 0.25) is 0 Å². The van der Waals surface area contributed by atoms with Gasteiger partial charge in [-0.3, -0.25) is 14.8 Å². The van der Waals surface area contributed by atoms with Crippen molar-refractivity contribution in [2.45, 2.75) is 18.7 Å². The second-order valence-electron chi connectivity index (χ2n) is 5.00. The zero-order valence-corrected chi connectivity index (χ0v) is 13.7. The minimum atomic E-state index is -3.93. The molecule has 0 aliphatic heterocycles. The SMILES string of the molecule is COc1cc([N+](=O)[O-])ccc1S(=O)(=O)Nc1ccc(C)c(C)c1. The van der Waals surface area contributed by atoms with Crippen molar-refractivity contribution < 1.29 is 18.1 Å². The smallest absolute Gasteiger partial charge is 0.273 e. The molecule has 0 saturated heterocycles. The van der Waals surface area contributed by atoms with E-state index in [0.29, 0.717) is 5.69 Å². The molecule has 7 nitrogen and oxygen atoms in total. The second-order valence-corrected chi connectivity index (χ2v) is 6.65. The Morgan fingerprint density at radius 1 is 1.09 bits per heavy atom. The van der Waals surface area contributed by atoms with Crippen LogP contribution < -0.4 is 9.46 Å². The standard InChI is InChI=1S/C15H16N2O5S/c1-10-4-5-12(8-11(10)2)16-23(20,21)15-7-6-13(17(18)19)9-14(15)22-3/h4-9,16H,1-3H3. The van der Waals surface area contributed by atoms with Crippen molar-refractivity contribution in [1.82, 2.24) is 0 Å². The van der Waals surface area contributed by atoms with Gasteiger partial charge in [-0.25, -0.2) is 8.42 Å². The van der Waals surface area contributed by atoms with Crippen molar-refractivity contribution in [2.75, 3.05) is 11.8 Å². The molecule has 8 heteroatoms. The Morgan fingerprint density at radius 3 is 2.35 bits per heavy atom. The number of aryl methyl sites for hydroxylation is 2. The van der Waals surface area contributed by atoms with E-state index in [1.807, 2.05) is 13.8 Å². The average Bonchev–Trinajstić information content (AvgIpc) is 2.50. The number of ether oxygens (including phenoxy) is 1. The maximum Gasteiger partial charge on any atom is 0.273 e. The molecule has 0 bridgehead atoms. The number of hydrogen-bond acceptors (Lipinski definition) is 5. The van der Waals surface area contributed by atoms with Gasteiger partial charge in [0.2, 0.25) is 0 Å². The molecule has 0 unspecified atom stereocenters. The van der Waals surface area contributed by atoms with E-state index < -0.39 is 14.9 Å². The van der Waals surface area contributed by atoms with E-state index in [1.54, 1.807) is 18.2 Å². The Morgan fingerprint density at radius 2 is 1.78 bits per heavy atom. The van der Waals surface area contributed by atoms with E-state index in [9.17, 15) is 18.5 Å². The number of nitro groups is 1. The number of hydrogen-bond donors (Lipinski definition) is 1. The summed E-state index contributed by atoms with van der Waals surface area (Å²) in [5, 5.41) is 10.8. The lowest BCUT2D eigenvalue weighted by Gasteiger charge is -2.12. The molecular weight excluding hydrogens is 320 g/mol. The summed E-state index contributed by atoms with van der Waals surface area (Å²) < 4.78 is 32.4. The highest BCUT2D eigenvalue weighted by atomic mass is 32.2. The van der Waals surface area contributed by atoms with Crippen LogP contribution in [0.25, 0.3) is 0 Å². The molecule has 0 radical (unpaired) electrons. The number of sulfonamides is 1. The first kappa shape index (κ1) is 16.8. The van der Waals surface area contributed by atoms with Gasteiger partial charge in [-0.05, 0) is 43.2 Å². The van der Waals surface area contributed by atoms with Gasteiger partial charge in [0.25, 0.3) is 15.7 Å². The summed E-state index contributed by atoms with van der Waals surface area (Å²) in [6, 6.07) is 8.52. The van der Waals surface area contributed by atoms with Gasteiger partial charge in [0.15, 0.2) is 0 Å². The largest absolute Gasteiger partial charge is 0.495 e. The van der Waals surface area contributed by atoms with Crippen LogP contribution in [0.3, 0.4) is 0 Å². The fourth-order valence-electron chi connectivity index (χ4n) is 2.01. The molecular formula is C15H16N2O5S. The number of rotatable bonds is 5. The molecule has 23 heavy (non-hydrogen) atoms. The predicted octanol–water partition coefficient (Wildman–Crippen LogP) is 3.02. The third-order valence-electron chi connectivity index (χ3n) is 3.41. The summed E-state index contributed by atoms with van der Waals surface area (Å²) in [5.74, 6) is -0.0875. The molecule has 0 aliphatic rings. The number of nitrogens with one attached hydrogen (secondary N) is 1. The van der Waals surface area contributed by atoms with Crippen molar-refractivity contribution in [3.05, 3.63) is 57.6 Å². The number of nitro benzene ring substituents is 1. The summed E-state index contributed by atoms with van der Waals surface area (Å²) in [6.45, 7) is 3.80. The molecule has 0 fully saturated rings. The zero-order valence-electron chi connectivity index (χ0n) is 12.9. The van der Waals surface area contributed by atoms with Crippen molar-refractivity contribution in [3.8, 4) is 5.75 Å². The van der Waals surface area contributed by atoms with Crippen LogP contribution in [0.5, 0.6) is 5.75 Å². The number of benzene rings is 2. The lowest BCUT2D eigenvalue weighted by Crippen LogP contribution is -2.14. The summed E-state index contributed by atoms with van der Waals surface area (Å²) in [4.78, 5) is 10.00. The minimum Gasteiger partial charge on any atom is -0.495 e. The Bertz CT molecular complexity index is 862. The van der Waals surface area contributed by atoms with Gasteiger partial charge < -0.3 is 4.74 Å². The van der Waals surface area contributed by atoms with Gasteiger partial charge in [-0.1, -0.05) is 6.07 Å². The lowest BCUT2D eigenvalue weighted by molar-refractivity contribution is -0.385. The molecule has 0 amide bonds. The summed E-state index contributed by atoms with van der Waals surface area (Å²) in [6.07, 6.45) is 0. The first-order valence-electron chi connectivity index (χ1n) is 6.67. The van der Waals surface area contributed by atoms with Crippen LogP contribution in [0.15, 0.2) is 41.3 Å². The zero-order chi connectivity index (χ0) is 17.2. The summed E-state index contributed by atoms with van der Waals surface area (Å²) in [5.41, 5.74) is 2.15. The highest BCUT2D eigenvalue weighted by Gasteiger charge is 2.22. The summed E-state index contributed by atoms with van der Waals surface area (Å²) in [7, 11) is -2.67. The van der Waals surface area contributed by atoms with E-state index in [4.69, 9.17) is 4.74 Å². The third-order valence-corrected chi connectivity index (χ3v) is 4.83. The number of nitrogens with zero attached hydrogens (tertiary/aromatic N) is 1. The highest BCUT2D eigenvalue weighted by molar-refractivity contribution is 7.92. The van der Waals surface area contributed by atoms with Gasteiger partial charge in [-0.15, -0.1) is 0 Å². The Hall–Kier alpha value is -2.61. The molecule has 0 heterocycles. The molecule has 2 aromatic carbocycles. The first-order chi connectivity index (χ1) is 10.7. The number of methoxy groups -OCH3 is 1. The first-order valence-corrected chi connectivity index (χ1v) is 8.15. The second kappa shape index (κ2) is 6.25. The van der Waals surface area contributed by atoms with Crippen molar-refractivity contribution in [1.29, 1.82) is 0 Å². The van der Waals surface area contributed by atoms with E-state index in [0.717, 1.165) is 29.3 Å². The number of non-ortho nitro benzene ring substituents is 1. The maximum absolute atomic E-state index is 12.5. The third kappa shape index (κ3) is 3.59. The van der Waals surface area contributed by atoms with Crippen LogP contribution in [0.1, 0.15) is 11.1 Å². The molecule has 0 aromatic heterocycles. The van der Waals surface area contributed by atoms with Crippen LogP contribution in [-0.2, 0) is 10.0 Å². The maximum atomic E-state index is 12.5. The molecule has 2 aromatic rings. The van der Waals surface area contributed by atoms with E-state index in [-0.39, 0.29) is 16.3 Å². The monoisotopic (exact) mass is 336 g/mol. The topological polar surface area (TPSA) is 98.5 Å². The quantitative estimate of drug-likeness (QED) is 0.668. The molecule has 0 saturated carbocycles. The fourth-order valence-corrected chi connectivity index (χ4v) is 3.21. The van der Waals surface area contributed by atoms with Gasteiger partial charge in [0.1, 0.15) is 10.6 Å². The molecule has 0 aliphatic carbocycles. The summed E-state index contributed by atoms with van der Waals surface area (Å²) >= 11 is 0. The van der Waals surface area contributed by atoms with Crippen LogP contribution in [0, 0.1) is 24.0 Å². The number of anilines is 1. The Balaban J connectivity index is 2.42. The normalized spacial score (nSPS) is 11.1. The van der Waals surface area contributed by atoms with E-state index in [2.05, 4.69) is 4.72 Å². The molecule has 0 spiro atoms. The van der Waals surface area contributed by atoms with Crippen molar-refractivity contribution >= 4 is 21.4 Å². The molecule has 122 valence electrons. The predicted molar refractivity (Wildman–Crippen MR) is 86.4 cm³/mol. The van der Waals surface area contributed by atoms with Gasteiger partial charge in [0.05, 0.1) is 18.1 Å². The molecule has 2 rings (SSSR count). The average molecular weight is 336 g/mol. The lowest BCUT2D eigenvalue weighted by atomic mass is 10.1.